The average Bonchev–Trinajstić information content (AvgIpc) is 2.81. The Bertz CT molecular complexity index is 635. The molecule has 1 aliphatic heterocycles. The van der Waals surface area contributed by atoms with Crippen molar-refractivity contribution in [3.63, 3.8) is 0 Å². The molecule has 0 saturated carbocycles. The molecular weight excluding hydrogens is 268 g/mol. The fourth-order valence-electron chi connectivity index (χ4n) is 2.52. The molecule has 1 atom stereocenters. The molecule has 1 aliphatic rings. The standard InChI is InChI=1S/C16H18N2OS/c1-11-10-18(16(19)15-8-7-12(2)20-15)14-6-4-3-5-13(14)9-17-11/h3-8,11,17H,9-10H2,1-2H3. The zero-order chi connectivity index (χ0) is 14.1. The molecule has 1 N–H and O–H groups in total. The first-order valence-electron chi connectivity index (χ1n) is 6.85. The third-order valence-corrected chi connectivity index (χ3v) is 4.56. The number of para-hydroxylation sites is 1. The van der Waals surface area contributed by atoms with Crippen molar-refractivity contribution in [3.05, 3.63) is 51.7 Å². The Morgan fingerprint density at radius 1 is 1.30 bits per heavy atom. The first-order chi connectivity index (χ1) is 9.65. The van der Waals surface area contributed by atoms with E-state index in [1.807, 2.05) is 42.2 Å². The molecule has 3 rings (SSSR count). The monoisotopic (exact) mass is 286 g/mol. The van der Waals surface area contributed by atoms with Crippen molar-refractivity contribution in [2.45, 2.75) is 26.4 Å². The Kier molecular flexibility index (Phi) is 3.59. The number of amides is 1. The highest BCUT2D eigenvalue weighted by molar-refractivity contribution is 7.14. The van der Waals surface area contributed by atoms with E-state index in [1.165, 1.54) is 10.4 Å². The number of hydrogen-bond acceptors (Lipinski definition) is 3. The van der Waals surface area contributed by atoms with E-state index in [0.717, 1.165) is 17.1 Å². The Hall–Kier alpha value is -1.65. The van der Waals surface area contributed by atoms with E-state index >= 15 is 0 Å². The van der Waals surface area contributed by atoms with E-state index in [1.54, 1.807) is 11.3 Å². The number of thiophene rings is 1. The lowest BCUT2D eigenvalue weighted by Gasteiger charge is -2.23. The number of fused-ring (bicyclic) bond motifs is 1. The van der Waals surface area contributed by atoms with Gasteiger partial charge in [0, 0.05) is 29.7 Å². The highest BCUT2D eigenvalue weighted by atomic mass is 32.1. The maximum absolute atomic E-state index is 12.8. The van der Waals surface area contributed by atoms with Gasteiger partial charge < -0.3 is 10.2 Å². The van der Waals surface area contributed by atoms with E-state index in [-0.39, 0.29) is 11.9 Å². The smallest absolute Gasteiger partial charge is 0.268 e. The quantitative estimate of drug-likeness (QED) is 0.873. The first kappa shape index (κ1) is 13.3. The summed E-state index contributed by atoms with van der Waals surface area (Å²) in [4.78, 5) is 16.7. The number of aryl methyl sites for hydroxylation is 1. The van der Waals surface area contributed by atoms with Gasteiger partial charge in [0.2, 0.25) is 0 Å². The third kappa shape index (κ3) is 2.49. The van der Waals surface area contributed by atoms with Gasteiger partial charge in [-0.05, 0) is 37.6 Å². The van der Waals surface area contributed by atoms with Crippen molar-refractivity contribution < 1.29 is 4.79 Å². The van der Waals surface area contributed by atoms with Crippen LogP contribution in [0, 0.1) is 6.92 Å². The molecule has 1 amide bonds. The van der Waals surface area contributed by atoms with Gasteiger partial charge in [-0.1, -0.05) is 18.2 Å². The van der Waals surface area contributed by atoms with Crippen LogP contribution in [0.3, 0.4) is 0 Å². The molecular formula is C16H18N2OS. The van der Waals surface area contributed by atoms with Gasteiger partial charge in [0.25, 0.3) is 5.91 Å². The zero-order valence-electron chi connectivity index (χ0n) is 11.7. The lowest BCUT2D eigenvalue weighted by atomic mass is 10.1. The Morgan fingerprint density at radius 3 is 2.85 bits per heavy atom. The van der Waals surface area contributed by atoms with Crippen LogP contribution < -0.4 is 10.2 Å². The number of carbonyl (C=O) groups is 1. The second-order valence-electron chi connectivity index (χ2n) is 5.24. The van der Waals surface area contributed by atoms with E-state index in [4.69, 9.17) is 0 Å². The summed E-state index contributed by atoms with van der Waals surface area (Å²) in [6, 6.07) is 12.3. The van der Waals surface area contributed by atoms with Crippen LogP contribution in [-0.2, 0) is 6.54 Å². The summed E-state index contributed by atoms with van der Waals surface area (Å²) in [6.07, 6.45) is 0. The van der Waals surface area contributed by atoms with Gasteiger partial charge in [-0.3, -0.25) is 4.79 Å². The third-order valence-electron chi connectivity index (χ3n) is 3.58. The van der Waals surface area contributed by atoms with Crippen LogP contribution >= 0.6 is 11.3 Å². The van der Waals surface area contributed by atoms with Crippen LogP contribution in [0.1, 0.15) is 27.0 Å². The van der Waals surface area contributed by atoms with Crippen molar-refractivity contribution >= 4 is 22.9 Å². The second kappa shape index (κ2) is 5.38. The molecule has 3 nitrogen and oxygen atoms in total. The molecule has 104 valence electrons. The molecule has 0 fully saturated rings. The van der Waals surface area contributed by atoms with Gasteiger partial charge in [0.05, 0.1) is 4.88 Å². The number of rotatable bonds is 1. The minimum Gasteiger partial charge on any atom is -0.308 e. The predicted octanol–water partition coefficient (Wildman–Crippen LogP) is 3.20. The average molecular weight is 286 g/mol. The van der Waals surface area contributed by atoms with Gasteiger partial charge in [-0.15, -0.1) is 11.3 Å². The minimum absolute atomic E-state index is 0.103. The molecule has 2 heterocycles. The van der Waals surface area contributed by atoms with Crippen LogP contribution in [-0.4, -0.2) is 18.5 Å². The molecule has 4 heteroatoms. The van der Waals surface area contributed by atoms with Crippen molar-refractivity contribution in [1.29, 1.82) is 0 Å². The summed E-state index contributed by atoms with van der Waals surface area (Å²) >= 11 is 1.56. The molecule has 1 aromatic heterocycles. The molecule has 0 aliphatic carbocycles. The van der Waals surface area contributed by atoms with E-state index in [0.29, 0.717) is 6.54 Å². The van der Waals surface area contributed by atoms with Crippen LogP contribution in [0.5, 0.6) is 0 Å². The minimum atomic E-state index is 0.103. The number of nitrogens with zero attached hydrogens (tertiary/aromatic N) is 1. The molecule has 0 radical (unpaired) electrons. The number of nitrogens with one attached hydrogen (secondary N) is 1. The van der Waals surface area contributed by atoms with E-state index in [9.17, 15) is 4.79 Å². The summed E-state index contributed by atoms with van der Waals surface area (Å²) < 4.78 is 0. The molecule has 1 unspecified atom stereocenters. The number of anilines is 1. The highest BCUT2D eigenvalue weighted by Crippen LogP contribution is 2.27. The van der Waals surface area contributed by atoms with Gasteiger partial charge in [0.1, 0.15) is 0 Å². The summed E-state index contributed by atoms with van der Waals surface area (Å²) in [6.45, 7) is 5.66. The molecule has 2 aromatic rings. The lowest BCUT2D eigenvalue weighted by molar-refractivity contribution is 0.0989. The summed E-state index contributed by atoms with van der Waals surface area (Å²) in [5.74, 6) is 0.103. The Balaban J connectivity index is 2.00. The number of benzene rings is 1. The molecule has 0 saturated heterocycles. The van der Waals surface area contributed by atoms with Gasteiger partial charge in [-0.2, -0.15) is 0 Å². The summed E-state index contributed by atoms with van der Waals surface area (Å²) in [5, 5.41) is 3.45. The van der Waals surface area contributed by atoms with Crippen LogP contribution in [0.25, 0.3) is 0 Å². The molecule has 1 aromatic carbocycles. The van der Waals surface area contributed by atoms with Crippen LogP contribution in [0.4, 0.5) is 5.69 Å². The van der Waals surface area contributed by atoms with E-state index in [2.05, 4.69) is 18.3 Å². The number of carbonyl (C=O) groups excluding carboxylic acids is 1. The van der Waals surface area contributed by atoms with Crippen molar-refractivity contribution in [3.8, 4) is 0 Å². The topological polar surface area (TPSA) is 32.3 Å². The highest BCUT2D eigenvalue weighted by Gasteiger charge is 2.25. The van der Waals surface area contributed by atoms with Crippen molar-refractivity contribution in [1.82, 2.24) is 5.32 Å². The van der Waals surface area contributed by atoms with Gasteiger partial charge in [-0.25, -0.2) is 0 Å². The second-order valence-corrected chi connectivity index (χ2v) is 6.52. The predicted molar refractivity (Wildman–Crippen MR) is 83.5 cm³/mol. The SMILES string of the molecule is Cc1ccc(C(=O)N2CC(C)NCc3ccccc32)s1. The van der Waals surface area contributed by atoms with Crippen LogP contribution in [0.15, 0.2) is 36.4 Å². The number of hydrogen-bond donors (Lipinski definition) is 1. The Morgan fingerprint density at radius 2 is 2.10 bits per heavy atom. The van der Waals surface area contributed by atoms with Crippen molar-refractivity contribution in [2.24, 2.45) is 0 Å². The van der Waals surface area contributed by atoms with E-state index < -0.39 is 0 Å². The molecule has 0 spiro atoms. The largest absolute Gasteiger partial charge is 0.308 e. The Labute approximate surface area is 123 Å². The summed E-state index contributed by atoms with van der Waals surface area (Å²) in [5.41, 5.74) is 2.21. The van der Waals surface area contributed by atoms with Gasteiger partial charge >= 0.3 is 0 Å². The summed E-state index contributed by atoms with van der Waals surface area (Å²) in [7, 11) is 0. The zero-order valence-corrected chi connectivity index (χ0v) is 12.5. The van der Waals surface area contributed by atoms with Crippen molar-refractivity contribution in [2.75, 3.05) is 11.4 Å². The fraction of sp³-hybridized carbons (Fsp3) is 0.312. The maximum atomic E-state index is 12.8. The van der Waals surface area contributed by atoms with Gasteiger partial charge in [0.15, 0.2) is 0 Å². The van der Waals surface area contributed by atoms with Crippen LogP contribution in [0.2, 0.25) is 0 Å². The fourth-order valence-corrected chi connectivity index (χ4v) is 3.34. The first-order valence-corrected chi connectivity index (χ1v) is 7.66. The lowest BCUT2D eigenvalue weighted by Crippen LogP contribution is -2.39. The molecule has 0 bridgehead atoms. The molecule has 20 heavy (non-hydrogen) atoms. The maximum Gasteiger partial charge on any atom is 0.268 e. The normalized spacial score (nSPS) is 18.5.